The van der Waals surface area contributed by atoms with Crippen LogP contribution >= 0.6 is 0 Å². The van der Waals surface area contributed by atoms with Gasteiger partial charge in [0.15, 0.2) is 5.82 Å². The Bertz CT molecular complexity index is 1080. The van der Waals surface area contributed by atoms with Crippen molar-refractivity contribution in [3.05, 3.63) is 71.8 Å². The second-order valence-corrected chi connectivity index (χ2v) is 7.68. The number of benzene rings is 2. The van der Waals surface area contributed by atoms with Gasteiger partial charge in [0.2, 0.25) is 0 Å². The zero-order chi connectivity index (χ0) is 22.7. The number of halogens is 3. The molecule has 3 aromatic rings. The van der Waals surface area contributed by atoms with E-state index in [1.54, 1.807) is 18.2 Å². The van der Waals surface area contributed by atoms with E-state index in [4.69, 9.17) is 0 Å². The maximum absolute atomic E-state index is 12.7. The first kappa shape index (κ1) is 21.8. The predicted octanol–water partition coefficient (Wildman–Crippen LogP) is 4.17. The fourth-order valence-electron chi connectivity index (χ4n) is 3.45. The minimum Gasteiger partial charge on any atom is -0.353 e. The van der Waals surface area contributed by atoms with Crippen LogP contribution in [-0.2, 0) is 6.18 Å². The van der Waals surface area contributed by atoms with Crippen LogP contribution in [0.5, 0.6) is 0 Å². The Morgan fingerprint density at radius 1 is 0.938 bits per heavy atom. The van der Waals surface area contributed by atoms with Crippen LogP contribution in [0.1, 0.15) is 15.9 Å². The number of alkyl halides is 3. The molecule has 1 aliphatic rings. The Hall–Kier alpha value is -3.46. The van der Waals surface area contributed by atoms with Crippen molar-refractivity contribution in [2.24, 2.45) is 0 Å². The zero-order valence-electron chi connectivity index (χ0n) is 17.4. The third-order valence-corrected chi connectivity index (χ3v) is 5.37. The summed E-state index contributed by atoms with van der Waals surface area (Å²) in [7, 11) is 2.09. The van der Waals surface area contributed by atoms with E-state index < -0.39 is 17.6 Å². The Labute approximate surface area is 183 Å². The van der Waals surface area contributed by atoms with Crippen LogP contribution in [0.3, 0.4) is 0 Å². The highest BCUT2D eigenvalue weighted by molar-refractivity contribution is 6.04. The monoisotopic (exact) mass is 441 g/mol. The molecule has 0 unspecified atom stereocenters. The van der Waals surface area contributed by atoms with Crippen molar-refractivity contribution in [1.29, 1.82) is 0 Å². The third kappa shape index (κ3) is 5.05. The van der Waals surface area contributed by atoms with Gasteiger partial charge in [-0.2, -0.15) is 13.2 Å². The lowest BCUT2D eigenvalue weighted by Gasteiger charge is -2.32. The van der Waals surface area contributed by atoms with Gasteiger partial charge in [-0.25, -0.2) is 0 Å². The van der Waals surface area contributed by atoms with Gasteiger partial charge in [-0.3, -0.25) is 4.79 Å². The van der Waals surface area contributed by atoms with Crippen molar-refractivity contribution >= 4 is 17.4 Å². The van der Waals surface area contributed by atoms with E-state index in [0.29, 0.717) is 11.4 Å². The quantitative estimate of drug-likeness (QED) is 0.659. The number of carbonyl (C=O) groups excluding carboxylic acids is 1. The largest absolute Gasteiger partial charge is 0.416 e. The summed E-state index contributed by atoms with van der Waals surface area (Å²) >= 11 is 0. The summed E-state index contributed by atoms with van der Waals surface area (Å²) in [6.45, 7) is 3.75. The summed E-state index contributed by atoms with van der Waals surface area (Å²) in [5.74, 6) is 0.334. The molecule has 0 spiro atoms. The van der Waals surface area contributed by atoms with Gasteiger partial charge < -0.3 is 15.1 Å². The molecule has 0 aliphatic carbocycles. The number of nitrogens with one attached hydrogen (secondary N) is 1. The van der Waals surface area contributed by atoms with E-state index in [1.807, 2.05) is 18.2 Å². The first-order valence-electron chi connectivity index (χ1n) is 10.2. The van der Waals surface area contributed by atoms with Crippen molar-refractivity contribution in [1.82, 2.24) is 15.1 Å². The van der Waals surface area contributed by atoms with E-state index >= 15 is 0 Å². The van der Waals surface area contributed by atoms with Crippen LogP contribution in [0.15, 0.2) is 60.7 Å². The Morgan fingerprint density at radius 2 is 1.66 bits per heavy atom. The third-order valence-electron chi connectivity index (χ3n) is 5.37. The van der Waals surface area contributed by atoms with Crippen LogP contribution in [0.2, 0.25) is 0 Å². The van der Waals surface area contributed by atoms with Gasteiger partial charge in [-0.1, -0.05) is 12.1 Å². The number of rotatable bonds is 4. The van der Waals surface area contributed by atoms with Gasteiger partial charge in [0, 0.05) is 43.0 Å². The summed E-state index contributed by atoms with van der Waals surface area (Å²) in [5.41, 5.74) is 1.29. The van der Waals surface area contributed by atoms with Crippen molar-refractivity contribution < 1.29 is 18.0 Å². The summed E-state index contributed by atoms with van der Waals surface area (Å²) in [6.07, 6.45) is -4.44. The molecule has 0 bridgehead atoms. The first-order valence-corrected chi connectivity index (χ1v) is 10.2. The molecule has 2 aromatic carbocycles. The van der Waals surface area contributed by atoms with Crippen LogP contribution in [0.4, 0.5) is 24.7 Å². The molecule has 1 aliphatic heterocycles. The minimum atomic E-state index is -4.44. The van der Waals surface area contributed by atoms with Gasteiger partial charge in [-0.05, 0) is 55.6 Å². The van der Waals surface area contributed by atoms with Crippen molar-refractivity contribution in [2.45, 2.75) is 6.18 Å². The molecule has 1 aromatic heterocycles. The summed E-state index contributed by atoms with van der Waals surface area (Å²) in [4.78, 5) is 16.9. The Balaban J connectivity index is 1.45. The fraction of sp³-hybridized carbons (Fsp3) is 0.261. The van der Waals surface area contributed by atoms with E-state index in [-0.39, 0.29) is 5.56 Å². The smallest absolute Gasteiger partial charge is 0.353 e. The van der Waals surface area contributed by atoms with E-state index in [0.717, 1.165) is 61.8 Å². The highest BCUT2D eigenvalue weighted by atomic mass is 19.4. The van der Waals surface area contributed by atoms with Crippen LogP contribution < -0.4 is 10.2 Å². The highest BCUT2D eigenvalue weighted by Gasteiger charge is 2.30. The molecule has 9 heteroatoms. The molecule has 1 fully saturated rings. The number of nitrogens with zero attached hydrogens (tertiary/aromatic N) is 4. The summed E-state index contributed by atoms with van der Waals surface area (Å²) < 4.78 is 38.1. The number of likely N-dealkylation sites (N-methyl/N-ethyl adjacent to an activating group) is 1. The molecule has 166 valence electrons. The number of hydrogen-bond acceptors (Lipinski definition) is 5. The summed E-state index contributed by atoms with van der Waals surface area (Å²) in [6, 6.07) is 15.0. The van der Waals surface area contributed by atoms with Gasteiger partial charge in [0.05, 0.1) is 11.3 Å². The molecule has 6 nitrogen and oxygen atoms in total. The van der Waals surface area contributed by atoms with Gasteiger partial charge >= 0.3 is 6.18 Å². The van der Waals surface area contributed by atoms with Crippen molar-refractivity contribution in [2.75, 3.05) is 43.4 Å². The van der Waals surface area contributed by atoms with E-state index in [2.05, 4.69) is 32.4 Å². The second-order valence-electron chi connectivity index (χ2n) is 7.68. The minimum absolute atomic E-state index is 0.139. The fourth-order valence-corrected chi connectivity index (χ4v) is 3.45. The summed E-state index contributed by atoms with van der Waals surface area (Å²) in [5, 5.41) is 11.4. The Morgan fingerprint density at radius 3 is 2.28 bits per heavy atom. The van der Waals surface area contributed by atoms with Crippen molar-refractivity contribution in [3.8, 4) is 11.3 Å². The van der Waals surface area contributed by atoms with Crippen LogP contribution in [-0.4, -0.2) is 54.2 Å². The number of anilines is 2. The number of amides is 1. The maximum atomic E-state index is 12.7. The molecule has 0 atom stereocenters. The highest BCUT2D eigenvalue weighted by Crippen LogP contribution is 2.29. The molecule has 1 amide bonds. The van der Waals surface area contributed by atoms with E-state index in [9.17, 15) is 18.0 Å². The lowest BCUT2D eigenvalue weighted by Crippen LogP contribution is -2.44. The molecule has 2 heterocycles. The molecule has 1 saturated heterocycles. The Kier molecular flexibility index (Phi) is 6.09. The predicted molar refractivity (Wildman–Crippen MR) is 117 cm³/mol. The number of hydrogen-bond donors (Lipinski definition) is 1. The molecule has 1 N–H and O–H groups in total. The lowest BCUT2D eigenvalue weighted by molar-refractivity contribution is -0.137. The SMILES string of the molecule is CN1CCN(c2ccc(-c3cccc(NC(=O)c4ccc(C(F)(F)F)cc4)c3)nn2)CC1. The maximum Gasteiger partial charge on any atom is 0.416 e. The lowest BCUT2D eigenvalue weighted by atomic mass is 10.1. The number of piperazine rings is 1. The molecular weight excluding hydrogens is 419 g/mol. The first-order chi connectivity index (χ1) is 15.3. The molecule has 0 saturated carbocycles. The number of carbonyl (C=O) groups is 1. The van der Waals surface area contributed by atoms with Crippen molar-refractivity contribution in [3.63, 3.8) is 0 Å². The van der Waals surface area contributed by atoms with Gasteiger partial charge in [-0.15, -0.1) is 10.2 Å². The van der Waals surface area contributed by atoms with Crippen LogP contribution in [0.25, 0.3) is 11.3 Å². The van der Waals surface area contributed by atoms with E-state index in [1.165, 1.54) is 0 Å². The molecule has 0 radical (unpaired) electrons. The average Bonchev–Trinajstić information content (AvgIpc) is 2.79. The molecule has 32 heavy (non-hydrogen) atoms. The zero-order valence-corrected chi connectivity index (χ0v) is 17.4. The van der Waals surface area contributed by atoms with Gasteiger partial charge in [0.25, 0.3) is 5.91 Å². The van der Waals surface area contributed by atoms with Crippen LogP contribution in [0, 0.1) is 0 Å². The average molecular weight is 441 g/mol. The second kappa shape index (κ2) is 8.96. The topological polar surface area (TPSA) is 61.4 Å². The normalized spacial score (nSPS) is 14.9. The molecular formula is C23H22F3N5O. The number of aromatic nitrogens is 2. The molecule has 4 rings (SSSR count). The standard InChI is InChI=1S/C23H22F3N5O/c1-30-11-13-31(14-12-30)21-10-9-20(28-29-21)17-3-2-4-19(15-17)27-22(32)16-5-7-18(8-6-16)23(24,25)26/h2-10,15H,11-14H2,1H3,(H,27,32). The van der Waals surface area contributed by atoms with Gasteiger partial charge in [0.1, 0.15) is 0 Å².